The zero-order valence-corrected chi connectivity index (χ0v) is 12.5. The standard InChI is InChI=1S/C15H20FN3O3/c1-11-10-19(6-7-22-11)14(20)9-18-15(21)17-8-12-2-4-13(16)5-3-12/h2-5,11H,6-10H2,1H3,(H2,17,18,21). The number of carbonyl (C=O) groups excluding carboxylic acids is 2. The number of benzene rings is 1. The molecule has 3 amide bonds. The predicted molar refractivity (Wildman–Crippen MR) is 78.6 cm³/mol. The molecule has 1 aromatic carbocycles. The second kappa shape index (κ2) is 7.74. The van der Waals surface area contributed by atoms with Crippen LogP contribution in [0, 0.1) is 5.82 Å². The molecule has 6 nitrogen and oxygen atoms in total. The molecule has 1 saturated heterocycles. The summed E-state index contributed by atoms with van der Waals surface area (Å²) in [6.07, 6.45) is 0.0185. The maximum atomic E-state index is 12.7. The van der Waals surface area contributed by atoms with Gasteiger partial charge in [-0.2, -0.15) is 0 Å². The van der Waals surface area contributed by atoms with E-state index < -0.39 is 6.03 Å². The van der Waals surface area contributed by atoms with E-state index in [1.807, 2.05) is 6.92 Å². The lowest BCUT2D eigenvalue weighted by Gasteiger charge is -2.31. The maximum Gasteiger partial charge on any atom is 0.315 e. The number of hydrogen-bond donors (Lipinski definition) is 2. The van der Waals surface area contributed by atoms with Crippen LogP contribution in [0.4, 0.5) is 9.18 Å². The average molecular weight is 309 g/mol. The van der Waals surface area contributed by atoms with Crippen LogP contribution in [0.15, 0.2) is 24.3 Å². The van der Waals surface area contributed by atoms with Gasteiger partial charge in [0.25, 0.3) is 0 Å². The van der Waals surface area contributed by atoms with E-state index in [1.165, 1.54) is 12.1 Å². The lowest BCUT2D eigenvalue weighted by Crippen LogP contribution is -2.49. The fourth-order valence-corrected chi connectivity index (χ4v) is 2.16. The van der Waals surface area contributed by atoms with Crippen molar-refractivity contribution in [3.05, 3.63) is 35.6 Å². The Morgan fingerprint density at radius 2 is 2.05 bits per heavy atom. The van der Waals surface area contributed by atoms with Crippen LogP contribution in [0.5, 0.6) is 0 Å². The normalized spacial score (nSPS) is 17.9. The molecule has 1 fully saturated rings. The van der Waals surface area contributed by atoms with Crippen LogP contribution in [0.1, 0.15) is 12.5 Å². The van der Waals surface area contributed by atoms with Crippen LogP contribution in [0.25, 0.3) is 0 Å². The molecule has 0 radical (unpaired) electrons. The van der Waals surface area contributed by atoms with Crippen LogP contribution in [0.3, 0.4) is 0 Å². The minimum Gasteiger partial charge on any atom is -0.375 e. The molecule has 2 rings (SSSR count). The third kappa shape index (κ3) is 5.00. The minimum atomic E-state index is -0.431. The van der Waals surface area contributed by atoms with Crippen LogP contribution in [-0.2, 0) is 16.1 Å². The quantitative estimate of drug-likeness (QED) is 0.867. The number of ether oxygens (including phenoxy) is 1. The first-order valence-electron chi connectivity index (χ1n) is 7.20. The first-order chi connectivity index (χ1) is 10.5. The number of amides is 3. The Bertz CT molecular complexity index is 521. The highest BCUT2D eigenvalue weighted by molar-refractivity contribution is 5.84. The number of carbonyl (C=O) groups is 2. The minimum absolute atomic E-state index is 0.0185. The first kappa shape index (κ1) is 16.2. The summed E-state index contributed by atoms with van der Waals surface area (Å²) in [4.78, 5) is 25.3. The molecule has 1 aromatic rings. The molecule has 0 aliphatic carbocycles. The number of hydrogen-bond acceptors (Lipinski definition) is 3. The van der Waals surface area contributed by atoms with Crippen molar-refractivity contribution in [3.63, 3.8) is 0 Å². The van der Waals surface area contributed by atoms with Crippen LogP contribution >= 0.6 is 0 Å². The maximum absolute atomic E-state index is 12.7. The molecule has 1 aliphatic rings. The number of nitrogens with zero attached hydrogens (tertiary/aromatic N) is 1. The highest BCUT2D eigenvalue weighted by Gasteiger charge is 2.21. The molecule has 7 heteroatoms. The molecule has 0 aromatic heterocycles. The monoisotopic (exact) mass is 309 g/mol. The van der Waals surface area contributed by atoms with Gasteiger partial charge in [-0.1, -0.05) is 12.1 Å². The van der Waals surface area contributed by atoms with Gasteiger partial charge in [-0.3, -0.25) is 4.79 Å². The van der Waals surface area contributed by atoms with Crippen molar-refractivity contribution in [2.75, 3.05) is 26.2 Å². The smallest absolute Gasteiger partial charge is 0.315 e. The third-order valence-electron chi connectivity index (χ3n) is 3.36. The predicted octanol–water partition coefficient (Wildman–Crippen LogP) is 0.872. The van der Waals surface area contributed by atoms with E-state index in [-0.39, 0.29) is 30.9 Å². The number of urea groups is 1. The second-order valence-electron chi connectivity index (χ2n) is 5.18. The second-order valence-corrected chi connectivity index (χ2v) is 5.18. The molecule has 1 atom stereocenters. The van der Waals surface area contributed by atoms with Gasteiger partial charge in [-0.05, 0) is 24.6 Å². The molecular weight excluding hydrogens is 289 g/mol. The molecule has 0 saturated carbocycles. The van der Waals surface area contributed by atoms with E-state index in [1.54, 1.807) is 17.0 Å². The summed E-state index contributed by atoms with van der Waals surface area (Å²) < 4.78 is 18.1. The van der Waals surface area contributed by atoms with Crippen LogP contribution in [-0.4, -0.2) is 49.2 Å². The molecular formula is C15H20FN3O3. The zero-order chi connectivity index (χ0) is 15.9. The number of rotatable bonds is 4. The van der Waals surface area contributed by atoms with Gasteiger partial charge in [-0.25, -0.2) is 9.18 Å². The van der Waals surface area contributed by atoms with Crippen LogP contribution < -0.4 is 10.6 Å². The van der Waals surface area contributed by atoms with Gasteiger partial charge < -0.3 is 20.3 Å². The SMILES string of the molecule is CC1CN(C(=O)CNC(=O)NCc2ccc(F)cc2)CCO1. The average Bonchev–Trinajstić information content (AvgIpc) is 2.52. The van der Waals surface area contributed by atoms with E-state index in [4.69, 9.17) is 4.74 Å². The summed E-state index contributed by atoms with van der Waals surface area (Å²) >= 11 is 0. The highest BCUT2D eigenvalue weighted by Crippen LogP contribution is 2.04. The number of morpholine rings is 1. The molecule has 1 heterocycles. The van der Waals surface area contributed by atoms with Gasteiger partial charge in [0.2, 0.25) is 5.91 Å². The molecule has 2 N–H and O–H groups in total. The van der Waals surface area contributed by atoms with Gasteiger partial charge in [0.05, 0.1) is 19.3 Å². The van der Waals surface area contributed by atoms with Gasteiger partial charge in [-0.15, -0.1) is 0 Å². The fraction of sp³-hybridized carbons (Fsp3) is 0.467. The zero-order valence-electron chi connectivity index (χ0n) is 12.5. The molecule has 120 valence electrons. The molecule has 0 spiro atoms. The van der Waals surface area contributed by atoms with Crippen molar-refractivity contribution in [3.8, 4) is 0 Å². The topological polar surface area (TPSA) is 70.7 Å². The highest BCUT2D eigenvalue weighted by atomic mass is 19.1. The summed E-state index contributed by atoms with van der Waals surface area (Å²) in [7, 11) is 0. The van der Waals surface area contributed by atoms with E-state index in [0.29, 0.717) is 19.7 Å². The Labute approximate surface area is 128 Å². The van der Waals surface area contributed by atoms with Crippen molar-refractivity contribution < 1.29 is 18.7 Å². The molecule has 22 heavy (non-hydrogen) atoms. The Kier molecular flexibility index (Phi) is 5.71. The van der Waals surface area contributed by atoms with E-state index in [9.17, 15) is 14.0 Å². The summed E-state index contributed by atoms with van der Waals surface area (Å²) in [5, 5.41) is 5.14. The van der Waals surface area contributed by atoms with Crippen LogP contribution in [0.2, 0.25) is 0 Å². The summed E-state index contributed by atoms with van der Waals surface area (Å²) in [6, 6.07) is 5.42. The third-order valence-corrected chi connectivity index (χ3v) is 3.36. The summed E-state index contributed by atoms with van der Waals surface area (Å²) in [5.41, 5.74) is 0.782. The Morgan fingerprint density at radius 3 is 2.73 bits per heavy atom. The van der Waals surface area contributed by atoms with Crippen molar-refractivity contribution >= 4 is 11.9 Å². The lowest BCUT2D eigenvalue weighted by molar-refractivity contribution is -0.136. The molecule has 1 unspecified atom stereocenters. The summed E-state index contributed by atoms with van der Waals surface area (Å²) in [5.74, 6) is -0.453. The Balaban J connectivity index is 1.68. The largest absolute Gasteiger partial charge is 0.375 e. The number of nitrogens with one attached hydrogen (secondary N) is 2. The van der Waals surface area contributed by atoms with Gasteiger partial charge >= 0.3 is 6.03 Å². The van der Waals surface area contributed by atoms with Crippen molar-refractivity contribution in [1.29, 1.82) is 0 Å². The van der Waals surface area contributed by atoms with E-state index >= 15 is 0 Å². The Morgan fingerprint density at radius 1 is 1.32 bits per heavy atom. The molecule has 0 bridgehead atoms. The van der Waals surface area contributed by atoms with Gasteiger partial charge in [0.1, 0.15) is 5.82 Å². The van der Waals surface area contributed by atoms with Crippen molar-refractivity contribution in [2.45, 2.75) is 19.6 Å². The summed E-state index contributed by atoms with van der Waals surface area (Å²) in [6.45, 7) is 3.72. The van der Waals surface area contributed by atoms with E-state index in [0.717, 1.165) is 5.56 Å². The van der Waals surface area contributed by atoms with Gasteiger partial charge in [0, 0.05) is 19.6 Å². The van der Waals surface area contributed by atoms with Crippen molar-refractivity contribution in [2.24, 2.45) is 0 Å². The van der Waals surface area contributed by atoms with Gasteiger partial charge in [0.15, 0.2) is 0 Å². The number of halogens is 1. The van der Waals surface area contributed by atoms with E-state index in [2.05, 4.69) is 10.6 Å². The Hall–Kier alpha value is -2.15. The van der Waals surface area contributed by atoms with Crippen molar-refractivity contribution in [1.82, 2.24) is 15.5 Å². The lowest BCUT2D eigenvalue weighted by atomic mass is 10.2. The first-order valence-corrected chi connectivity index (χ1v) is 7.20. The molecule has 1 aliphatic heterocycles. The fourth-order valence-electron chi connectivity index (χ4n) is 2.16.